The molecule has 2 aromatic rings. The van der Waals surface area contributed by atoms with E-state index in [1.807, 2.05) is 20.8 Å². The molecule has 1 aliphatic heterocycles. The maximum absolute atomic E-state index is 12.8. The molecule has 1 saturated heterocycles. The monoisotopic (exact) mass is 552 g/mol. The summed E-state index contributed by atoms with van der Waals surface area (Å²) in [6, 6.07) is 8.61. The van der Waals surface area contributed by atoms with Crippen LogP contribution in [-0.4, -0.2) is 41.7 Å². The van der Waals surface area contributed by atoms with E-state index in [0.29, 0.717) is 45.5 Å². The average Bonchev–Trinajstić information content (AvgIpc) is 3.00. The Kier molecular flexibility index (Phi) is 8.45. The van der Waals surface area contributed by atoms with Crippen molar-refractivity contribution in [2.75, 3.05) is 25.1 Å². The van der Waals surface area contributed by atoms with Crippen LogP contribution in [0.5, 0.6) is 11.5 Å². The summed E-state index contributed by atoms with van der Waals surface area (Å²) < 4.78 is 11.9. The average molecular weight is 554 g/mol. The number of amides is 3. The van der Waals surface area contributed by atoms with Crippen molar-refractivity contribution in [2.24, 2.45) is 0 Å². The topological polar surface area (TPSA) is 84.9 Å². The van der Waals surface area contributed by atoms with Crippen molar-refractivity contribution in [3.05, 3.63) is 55.9 Å². The highest BCUT2D eigenvalue weighted by Gasteiger charge is 2.36. The molecule has 0 radical (unpaired) electrons. The third kappa shape index (κ3) is 6.10. The highest BCUT2D eigenvalue weighted by Crippen LogP contribution is 2.39. The fourth-order valence-corrected chi connectivity index (χ4v) is 4.65. The van der Waals surface area contributed by atoms with Gasteiger partial charge in [-0.1, -0.05) is 17.7 Å². The minimum Gasteiger partial charge on any atom is -0.490 e. The fourth-order valence-electron chi connectivity index (χ4n) is 3.07. The van der Waals surface area contributed by atoms with Gasteiger partial charge in [-0.2, -0.15) is 0 Å². The van der Waals surface area contributed by atoms with E-state index in [4.69, 9.17) is 21.1 Å². The summed E-state index contributed by atoms with van der Waals surface area (Å²) >= 11 is 10.2. The van der Waals surface area contributed by atoms with Gasteiger partial charge in [-0.15, -0.1) is 0 Å². The van der Waals surface area contributed by atoms with Crippen LogP contribution >= 0.6 is 39.3 Å². The lowest BCUT2D eigenvalue weighted by Gasteiger charge is -2.14. The van der Waals surface area contributed by atoms with E-state index in [-0.39, 0.29) is 4.91 Å². The number of anilines is 1. The molecule has 3 rings (SSSR count). The van der Waals surface area contributed by atoms with Gasteiger partial charge in [-0.25, -0.2) is 0 Å². The van der Waals surface area contributed by atoms with Crippen LogP contribution in [0.15, 0.2) is 39.7 Å². The van der Waals surface area contributed by atoms with E-state index in [1.165, 1.54) is 0 Å². The zero-order valence-corrected chi connectivity index (χ0v) is 21.4. The quantitative estimate of drug-likeness (QED) is 0.411. The molecule has 0 bridgehead atoms. The number of thioether (sulfide) groups is 1. The molecule has 0 aromatic heterocycles. The van der Waals surface area contributed by atoms with Gasteiger partial charge in [0.2, 0.25) is 5.91 Å². The molecule has 1 fully saturated rings. The predicted molar refractivity (Wildman–Crippen MR) is 134 cm³/mol. The van der Waals surface area contributed by atoms with Gasteiger partial charge >= 0.3 is 0 Å². The van der Waals surface area contributed by atoms with Gasteiger partial charge in [-0.05, 0) is 89.9 Å². The van der Waals surface area contributed by atoms with Crippen LogP contribution in [0.25, 0.3) is 6.08 Å². The molecule has 1 aliphatic rings. The molecule has 0 spiro atoms. The number of benzene rings is 2. The molecule has 174 valence electrons. The molecule has 1 N–H and O–H groups in total. The first-order valence-corrected chi connectivity index (χ1v) is 12.1. The summed E-state index contributed by atoms with van der Waals surface area (Å²) in [7, 11) is 0. The third-order valence-corrected chi connectivity index (χ3v) is 6.30. The Morgan fingerprint density at radius 3 is 2.61 bits per heavy atom. The van der Waals surface area contributed by atoms with E-state index in [2.05, 4.69) is 21.2 Å². The predicted octanol–water partition coefficient (Wildman–Crippen LogP) is 5.88. The molecular weight excluding hydrogens is 532 g/mol. The standard InChI is InChI=1S/C23H22BrClN2O5S/c1-4-31-18-9-14(8-16(24)21(18)32-5-2)10-19-22(29)27(23(30)33-19)12-20(28)26-17-11-15(25)7-6-13(17)3/h6-11H,4-5,12H2,1-3H3,(H,26,28)/b19-10+. The van der Waals surface area contributed by atoms with E-state index < -0.39 is 23.6 Å². The number of nitrogens with one attached hydrogen (secondary N) is 1. The second-order valence-corrected chi connectivity index (χ2v) is 9.26. The number of aryl methyl sites for hydroxylation is 1. The van der Waals surface area contributed by atoms with Crippen molar-refractivity contribution in [2.45, 2.75) is 20.8 Å². The Morgan fingerprint density at radius 2 is 1.91 bits per heavy atom. The number of ether oxygens (including phenoxy) is 2. The summed E-state index contributed by atoms with van der Waals surface area (Å²) in [6.45, 7) is 6.06. The maximum atomic E-state index is 12.8. The highest BCUT2D eigenvalue weighted by atomic mass is 79.9. The van der Waals surface area contributed by atoms with E-state index >= 15 is 0 Å². The number of hydrogen-bond acceptors (Lipinski definition) is 6. The van der Waals surface area contributed by atoms with Gasteiger partial charge < -0.3 is 14.8 Å². The lowest BCUT2D eigenvalue weighted by molar-refractivity contribution is -0.127. The first kappa shape index (κ1) is 25.1. The molecule has 3 amide bonds. The first-order valence-electron chi connectivity index (χ1n) is 10.1. The number of carbonyl (C=O) groups is 3. The normalized spacial score (nSPS) is 14.7. The number of imide groups is 1. The molecule has 0 saturated carbocycles. The van der Waals surface area contributed by atoms with Gasteiger partial charge in [0.05, 0.1) is 22.6 Å². The summed E-state index contributed by atoms with van der Waals surface area (Å²) in [5.74, 6) is 0.0605. The number of nitrogens with zero attached hydrogens (tertiary/aromatic N) is 1. The Morgan fingerprint density at radius 1 is 1.18 bits per heavy atom. The Labute approximate surface area is 209 Å². The molecule has 1 heterocycles. The van der Waals surface area contributed by atoms with Crippen molar-refractivity contribution in [3.8, 4) is 11.5 Å². The maximum Gasteiger partial charge on any atom is 0.294 e. The number of carbonyl (C=O) groups excluding carboxylic acids is 3. The van der Waals surface area contributed by atoms with Crippen molar-refractivity contribution in [3.63, 3.8) is 0 Å². The first-order chi connectivity index (χ1) is 15.7. The van der Waals surface area contributed by atoms with Crippen LogP contribution in [0.3, 0.4) is 0 Å². The van der Waals surface area contributed by atoms with Gasteiger partial charge in [0.15, 0.2) is 11.5 Å². The Hall–Kier alpha value is -2.49. The molecule has 10 heteroatoms. The van der Waals surface area contributed by atoms with E-state index in [9.17, 15) is 14.4 Å². The molecule has 0 unspecified atom stereocenters. The van der Waals surface area contributed by atoms with Gasteiger partial charge in [-0.3, -0.25) is 19.3 Å². The second kappa shape index (κ2) is 11.1. The van der Waals surface area contributed by atoms with Crippen molar-refractivity contribution >= 4 is 68.1 Å². The molecule has 0 atom stereocenters. The van der Waals surface area contributed by atoms with Gasteiger partial charge in [0.25, 0.3) is 11.1 Å². The zero-order valence-electron chi connectivity index (χ0n) is 18.2. The zero-order chi connectivity index (χ0) is 24.1. The Bertz CT molecular complexity index is 1140. The van der Waals surface area contributed by atoms with Gasteiger partial charge in [0, 0.05) is 10.7 Å². The summed E-state index contributed by atoms with van der Waals surface area (Å²) in [6.07, 6.45) is 1.59. The van der Waals surface area contributed by atoms with Gasteiger partial charge in [0.1, 0.15) is 6.54 Å². The smallest absolute Gasteiger partial charge is 0.294 e. The number of halogens is 2. The molecule has 0 aliphatic carbocycles. The molecule has 7 nitrogen and oxygen atoms in total. The van der Waals surface area contributed by atoms with Crippen molar-refractivity contribution < 1.29 is 23.9 Å². The van der Waals surface area contributed by atoms with E-state index in [1.54, 1.807) is 36.4 Å². The summed E-state index contributed by atoms with van der Waals surface area (Å²) in [5, 5.41) is 2.65. The Balaban J connectivity index is 1.78. The van der Waals surface area contributed by atoms with Crippen LogP contribution in [-0.2, 0) is 9.59 Å². The molecular formula is C23H22BrClN2O5S. The largest absolute Gasteiger partial charge is 0.490 e. The van der Waals surface area contributed by atoms with Crippen molar-refractivity contribution in [1.82, 2.24) is 4.90 Å². The lowest BCUT2D eigenvalue weighted by atomic mass is 10.2. The van der Waals surface area contributed by atoms with Crippen LogP contribution in [0.4, 0.5) is 10.5 Å². The molecule has 2 aromatic carbocycles. The van der Waals surface area contributed by atoms with Crippen LogP contribution in [0, 0.1) is 6.92 Å². The fraction of sp³-hybridized carbons (Fsp3) is 0.261. The molecule has 33 heavy (non-hydrogen) atoms. The SMILES string of the molecule is CCOc1cc(/C=C2/SC(=O)N(CC(=O)Nc3cc(Cl)ccc3C)C2=O)cc(Br)c1OCC. The summed E-state index contributed by atoms with van der Waals surface area (Å²) in [4.78, 5) is 38.9. The lowest BCUT2D eigenvalue weighted by Crippen LogP contribution is -2.36. The van der Waals surface area contributed by atoms with E-state index in [0.717, 1.165) is 22.2 Å². The van der Waals surface area contributed by atoms with Crippen LogP contribution in [0.1, 0.15) is 25.0 Å². The van der Waals surface area contributed by atoms with Crippen molar-refractivity contribution in [1.29, 1.82) is 0 Å². The van der Waals surface area contributed by atoms with Crippen LogP contribution in [0.2, 0.25) is 5.02 Å². The minimum atomic E-state index is -0.536. The van der Waals surface area contributed by atoms with Crippen LogP contribution < -0.4 is 14.8 Å². The second-order valence-electron chi connectivity index (χ2n) is 6.97. The minimum absolute atomic E-state index is 0.213. The highest BCUT2D eigenvalue weighted by molar-refractivity contribution is 9.10. The number of hydrogen-bond donors (Lipinski definition) is 1. The third-order valence-electron chi connectivity index (χ3n) is 4.57. The summed E-state index contributed by atoms with van der Waals surface area (Å²) in [5.41, 5.74) is 1.99. The number of rotatable bonds is 8.